The highest BCUT2D eigenvalue weighted by atomic mass is 16.3. The van der Waals surface area contributed by atoms with E-state index in [0.717, 1.165) is 44.6 Å². The Balaban J connectivity index is 1.85. The van der Waals surface area contributed by atoms with Crippen molar-refractivity contribution in [1.29, 1.82) is 0 Å². The minimum absolute atomic E-state index is 0.00943. The normalized spacial score (nSPS) is 16.2. The van der Waals surface area contributed by atoms with Gasteiger partial charge in [0.15, 0.2) is 5.96 Å². The number of likely N-dealkylation sites (N-methyl/N-ethyl adjacent to an activating group) is 1. The monoisotopic (exact) mass is 375 g/mol. The average molecular weight is 376 g/mol. The minimum atomic E-state index is -0.131. The zero-order valence-corrected chi connectivity index (χ0v) is 16.7. The number of amides is 1. The maximum absolute atomic E-state index is 11.7. The van der Waals surface area contributed by atoms with Gasteiger partial charge >= 0.3 is 0 Å². The zero-order valence-electron chi connectivity index (χ0n) is 16.7. The molecule has 1 heterocycles. The molecule has 0 aromatic heterocycles. The van der Waals surface area contributed by atoms with Gasteiger partial charge in [-0.05, 0) is 30.9 Å². The maximum Gasteiger partial charge on any atom is 0.241 e. The number of carbonyl (C=O) groups excluding carboxylic acids is 1. The number of carbonyl (C=O) groups is 1. The first-order valence-electron chi connectivity index (χ1n) is 9.68. The zero-order chi connectivity index (χ0) is 19.6. The lowest BCUT2D eigenvalue weighted by atomic mass is 10.1. The summed E-state index contributed by atoms with van der Waals surface area (Å²) in [5.41, 5.74) is 2.41. The van der Waals surface area contributed by atoms with Crippen LogP contribution in [0.25, 0.3) is 0 Å². The number of nitrogens with zero attached hydrogens (tertiary/aromatic N) is 3. The van der Waals surface area contributed by atoms with Crippen LogP contribution in [0.4, 0.5) is 0 Å². The molecule has 0 aliphatic carbocycles. The Morgan fingerprint density at radius 2 is 1.81 bits per heavy atom. The van der Waals surface area contributed by atoms with Gasteiger partial charge in [0.2, 0.25) is 5.91 Å². The van der Waals surface area contributed by atoms with Crippen molar-refractivity contribution in [3.63, 3.8) is 0 Å². The third-order valence-corrected chi connectivity index (χ3v) is 4.66. The van der Waals surface area contributed by atoms with Crippen LogP contribution in [-0.4, -0.2) is 73.2 Å². The number of guanidine groups is 1. The van der Waals surface area contributed by atoms with Crippen LogP contribution in [0.15, 0.2) is 29.3 Å². The van der Waals surface area contributed by atoms with Crippen LogP contribution in [-0.2, 0) is 17.9 Å². The first kappa shape index (κ1) is 21.2. The fourth-order valence-electron chi connectivity index (χ4n) is 2.92. The first-order chi connectivity index (χ1) is 13.0. The number of aliphatic hydroxyl groups is 1. The van der Waals surface area contributed by atoms with Crippen molar-refractivity contribution in [1.82, 2.24) is 20.4 Å². The van der Waals surface area contributed by atoms with E-state index in [1.807, 2.05) is 6.92 Å². The highest BCUT2D eigenvalue weighted by Crippen LogP contribution is 2.14. The van der Waals surface area contributed by atoms with Crippen LogP contribution in [0.2, 0.25) is 0 Å². The summed E-state index contributed by atoms with van der Waals surface area (Å²) in [6, 6.07) is 8.50. The van der Waals surface area contributed by atoms with Crippen molar-refractivity contribution in [2.75, 3.05) is 40.3 Å². The van der Waals surface area contributed by atoms with Gasteiger partial charge in [0.25, 0.3) is 0 Å². The molecule has 0 atom stereocenters. The second-order valence-electron chi connectivity index (χ2n) is 7.16. The molecule has 0 saturated carbocycles. The van der Waals surface area contributed by atoms with Crippen LogP contribution in [0.3, 0.4) is 0 Å². The molecule has 7 heteroatoms. The number of rotatable bonds is 7. The molecule has 0 unspecified atom stereocenters. The van der Waals surface area contributed by atoms with E-state index in [4.69, 9.17) is 0 Å². The van der Waals surface area contributed by atoms with Gasteiger partial charge in [-0.3, -0.25) is 9.69 Å². The quantitative estimate of drug-likeness (QED) is 0.485. The summed E-state index contributed by atoms with van der Waals surface area (Å²) in [7, 11) is 3.48. The van der Waals surface area contributed by atoms with Gasteiger partial charge in [-0.1, -0.05) is 24.3 Å². The van der Waals surface area contributed by atoms with Crippen molar-refractivity contribution < 1.29 is 9.90 Å². The molecule has 1 saturated heterocycles. The summed E-state index contributed by atoms with van der Waals surface area (Å²) >= 11 is 0. The van der Waals surface area contributed by atoms with Crippen LogP contribution in [0.5, 0.6) is 0 Å². The topological polar surface area (TPSA) is 80.2 Å². The van der Waals surface area contributed by atoms with E-state index in [-0.39, 0.29) is 18.6 Å². The van der Waals surface area contributed by atoms with Gasteiger partial charge in [-0.25, -0.2) is 4.99 Å². The molecule has 0 bridgehead atoms. The smallest absolute Gasteiger partial charge is 0.241 e. The SMILES string of the molecule is CCNC(=NCc1ccc(CN2CCC(O)CC2)cc1)NCC(=O)N(C)C. The lowest BCUT2D eigenvalue weighted by Gasteiger charge is -2.29. The first-order valence-corrected chi connectivity index (χ1v) is 9.68. The predicted octanol–water partition coefficient (Wildman–Crippen LogP) is 0.787. The van der Waals surface area contributed by atoms with Crippen molar-refractivity contribution in [3.05, 3.63) is 35.4 Å². The Morgan fingerprint density at radius 1 is 1.19 bits per heavy atom. The number of benzene rings is 1. The molecule has 150 valence electrons. The second kappa shape index (κ2) is 10.9. The van der Waals surface area contributed by atoms with Gasteiger partial charge in [0.1, 0.15) is 0 Å². The standard InChI is InChI=1S/C20H33N5O2/c1-4-21-20(23-14-19(27)24(2)3)22-13-16-5-7-17(8-6-16)15-25-11-9-18(26)10-12-25/h5-8,18,26H,4,9-15H2,1-3H3,(H2,21,22,23). The third-order valence-electron chi connectivity index (χ3n) is 4.66. The third kappa shape index (κ3) is 7.56. The summed E-state index contributed by atoms with van der Waals surface area (Å²) in [5.74, 6) is 0.652. The lowest BCUT2D eigenvalue weighted by Crippen LogP contribution is -2.42. The summed E-state index contributed by atoms with van der Waals surface area (Å²) in [6.45, 7) is 6.36. The van der Waals surface area contributed by atoms with Crippen LogP contribution in [0, 0.1) is 0 Å². The number of likely N-dealkylation sites (tertiary alicyclic amines) is 1. The number of hydrogen-bond donors (Lipinski definition) is 3. The van der Waals surface area contributed by atoms with Gasteiger partial charge in [0.05, 0.1) is 19.2 Å². The molecule has 7 nitrogen and oxygen atoms in total. The summed E-state index contributed by atoms with van der Waals surface area (Å²) in [4.78, 5) is 20.2. The van der Waals surface area contributed by atoms with Crippen molar-refractivity contribution in [2.24, 2.45) is 4.99 Å². The van der Waals surface area contributed by atoms with E-state index in [2.05, 4.69) is 44.8 Å². The number of piperidine rings is 1. The highest BCUT2D eigenvalue weighted by Gasteiger charge is 2.16. The van der Waals surface area contributed by atoms with Crippen LogP contribution in [0.1, 0.15) is 30.9 Å². The number of hydrogen-bond acceptors (Lipinski definition) is 4. The molecule has 1 amide bonds. The van der Waals surface area contributed by atoms with Crippen molar-refractivity contribution >= 4 is 11.9 Å². The Hall–Kier alpha value is -2.12. The Morgan fingerprint density at radius 3 is 2.41 bits per heavy atom. The van der Waals surface area contributed by atoms with E-state index < -0.39 is 0 Å². The van der Waals surface area contributed by atoms with E-state index in [0.29, 0.717) is 12.5 Å². The number of aliphatic hydroxyl groups excluding tert-OH is 1. The van der Waals surface area contributed by atoms with Gasteiger partial charge in [-0.2, -0.15) is 0 Å². The van der Waals surface area contributed by atoms with Crippen LogP contribution < -0.4 is 10.6 Å². The molecule has 0 radical (unpaired) electrons. The van der Waals surface area contributed by atoms with E-state index in [1.165, 1.54) is 5.56 Å². The fourth-order valence-corrected chi connectivity index (χ4v) is 2.92. The molecule has 3 N–H and O–H groups in total. The molecule has 0 spiro atoms. The molecule has 2 rings (SSSR count). The number of aliphatic imine (C=N–C) groups is 1. The molecule has 1 aromatic rings. The van der Waals surface area contributed by atoms with Gasteiger partial charge < -0.3 is 20.6 Å². The maximum atomic E-state index is 11.7. The van der Waals surface area contributed by atoms with E-state index >= 15 is 0 Å². The molecular weight excluding hydrogens is 342 g/mol. The molecule has 1 aliphatic rings. The predicted molar refractivity (Wildman–Crippen MR) is 108 cm³/mol. The van der Waals surface area contributed by atoms with Crippen molar-refractivity contribution in [2.45, 2.75) is 39.0 Å². The molecule has 1 fully saturated rings. The minimum Gasteiger partial charge on any atom is -0.393 e. The summed E-state index contributed by atoms with van der Waals surface area (Å²) in [6.07, 6.45) is 1.60. The highest BCUT2D eigenvalue weighted by molar-refractivity contribution is 5.86. The van der Waals surface area contributed by atoms with Gasteiger partial charge in [-0.15, -0.1) is 0 Å². The summed E-state index contributed by atoms with van der Waals surface area (Å²) < 4.78 is 0. The Bertz CT molecular complexity index is 607. The van der Waals surface area contributed by atoms with Crippen molar-refractivity contribution in [3.8, 4) is 0 Å². The largest absolute Gasteiger partial charge is 0.393 e. The molecule has 27 heavy (non-hydrogen) atoms. The van der Waals surface area contributed by atoms with Gasteiger partial charge in [0, 0.05) is 40.3 Å². The lowest BCUT2D eigenvalue weighted by molar-refractivity contribution is -0.127. The Kier molecular flexibility index (Phi) is 8.54. The fraction of sp³-hybridized carbons (Fsp3) is 0.600. The summed E-state index contributed by atoms with van der Waals surface area (Å²) in [5, 5.41) is 15.8. The van der Waals surface area contributed by atoms with E-state index in [1.54, 1.807) is 19.0 Å². The number of nitrogens with one attached hydrogen (secondary N) is 2. The average Bonchev–Trinajstić information content (AvgIpc) is 2.66. The molecular formula is C20H33N5O2. The van der Waals surface area contributed by atoms with Crippen LogP contribution >= 0.6 is 0 Å². The molecule has 1 aromatic carbocycles. The second-order valence-corrected chi connectivity index (χ2v) is 7.16. The molecule has 1 aliphatic heterocycles. The Labute approximate surface area is 162 Å². The van der Waals surface area contributed by atoms with E-state index in [9.17, 15) is 9.90 Å².